The smallest absolute Gasteiger partial charge is 0.0691 e. The van der Waals surface area contributed by atoms with Gasteiger partial charge in [0.15, 0.2) is 0 Å². The topological polar surface area (TPSA) is 29.3 Å². The Balaban J connectivity index is 3.51. The second kappa shape index (κ2) is 4.00. The Morgan fingerprint density at radius 3 is 2.50 bits per heavy atom. The van der Waals surface area contributed by atoms with Gasteiger partial charge in [-0.3, -0.25) is 0 Å². The summed E-state index contributed by atoms with van der Waals surface area (Å²) < 4.78 is 0.978. The molecule has 0 aliphatic carbocycles. The van der Waals surface area contributed by atoms with Gasteiger partial charge in [-0.1, -0.05) is 22.6 Å². The summed E-state index contributed by atoms with van der Waals surface area (Å²) >= 11 is 2.27. The molecule has 0 aliphatic heterocycles. The summed E-state index contributed by atoms with van der Waals surface area (Å²) in [5.74, 6) is 0. The summed E-state index contributed by atoms with van der Waals surface area (Å²) in [5.41, 5.74) is 6.24. The Morgan fingerprint density at radius 2 is 2.38 bits per heavy atom. The fourth-order valence-electron chi connectivity index (χ4n) is 0.382. The Morgan fingerprint density at radius 1 is 1.88 bits per heavy atom. The normalized spacial score (nSPS) is 11.6. The summed E-state index contributed by atoms with van der Waals surface area (Å²) in [7, 11) is 1.99. The number of nitrogens with two attached hydrogens (primary N) is 1. The van der Waals surface area contributed by atoms with E-state index in [1.807, 2.05) is 25.1 Å². The number of allylic oxidation sites excluding steroid dienone is 1. The maximum atomic E-state index is 5.38. The van der Waals surface area contributed by atoms with E-state index in [9.17, 15) is 0 Å². The van der Waals surface area contributed by atoms with Gasteiger partial charge in [0.05, 0.1) is 4.55 Å². The van der Waals surface area contributed by atoms with Gasteiger partial charge < -0.3 is 10.6 Å². The van der Waals surface area contributed by atoms with Crippen molar-refractivity contribution in [3.05, 3.63) is 11.9 Å². The highest BCUT2D eigenvalue weighted by Crippen LogP contribution is 1.91. The van der Waals surface area contributed by atoms with Gasteiger partial charge in [0.1, 0.15) is 0 Å². The van der Waals surface area contributed by atoms with Crippen molar-refractivity contribution in [2.24, 2.45) is 5.73 Å². The average molecular weight is 226 g/mol. The van der Waals surface area contributed by atoms with Crippen LogP contribution in [0.5, 0.6) is 0 Å². The Hall–Kier alpha value is 0.0700. The minimum Gasteiger partial charge on any atom is -0.401 e. The lowest BCUT2D eigenvalue weighted by Crippen LogP contribution is -2.09. The highest BCUT2D eigenvalue weighted by molar-refractivity contribution is 14.1. The third kappa shape index (κ3) is 4.23. The minimum atomic E-state index is 0.851. The van der Waals surface area contributed by atoms with Crippen LogP contribution in [0.25, 0.3) is 0 Å². The maximum Gasteiger partial charge on any atom is 0.0691 e. The predicted octanol–water partition coefficient (Wildman–Crippen LogP) is 1.13. The van der Waals surface area contributed by atoms with Crippen LogP contribution in [-0.4, -0.2) is 16.5 Å². The number of alkyl halides is 1. The standard InChI is InChI=1S/C5H11IN2/c1-5(7)3-8(2)4-6/h3H,4,7H2,1-2H3/b5-3-. The Bertz CT molecular complexity index is 86.4. The van der Waals surface area contributed by atoms with E-state index >= 15 is 0 Å². The zero-order valence-corrected chi connectivity index (χ0v) is 7.34. The van der Waals surface area contributed by atoms with Crippen LogP contribution < -0.4 is 5.73 Å². The zero-order valence-electron chi connectivity index (χ0n) is 5.19. The second-order valence-corrected chi connectivity index (χ2v) is 2.43. The van der Waals surface area contributed by atoms with Gasteiger partial charge >= 0.3 is 0 Å². The van der Waals surface area contributed by atoms with Crippen molar-refractivity contribution in [2.45, 2.75) is 6.92 Å². The maximum absolute atomic E-state index is 5.38. The van der Waals surface area contributed by atoms with Gasteiger partial charge in [0.2, 0.25) is 0 Å². The molecule has 0 saturated heterocycles. The average Bonchev–Trinajstić information content (AvgIpc) is 1.65. The molecule has 0 fully saturated rings. The van der Waals surface area contributed by atoms with Crippen molar-refractivity contribution < 1.29 is 0 Å². The molecule has 3 heteroatoms. The number of nitrogens with zero attached hydrogens (tertiary/aromatic N) is 1. The molecule has 0 rings (SSSR count). The van der Waals surface area contributed by atoms with Crippen LogP contribution in [-0.2, 0) is 0 Å². The van der Waals surface area contributed by atoms with Crippen LogP contribution in [0, 0.1) is 0 Å². The van der Waals surface area contributed by atoms with Gasteiger partial charge in [0, 0.05) is 18.9 Å². The molecule has 0 atom stereocenters. The van der Waals surface area contributed by atoms with Crippen molar-refractivity contribution in [3.8, 4) is 0 Å². The van der Waals surface area contributed by atoms with E-state index in [1.165, 1.54) is 0 Å². The lowest BCUT2D eigenvalue weighted by atomic mass is 10.5. The summed E-state index contributed by atoms with van der Waals surface area (Å²) in [6.45, 7) is 1.88. The molecular weight excluding hydrogens is 215 g/mol. The molecule has 0 radical (unpaired) electrons. The van der Waals surface area contributed by atoms with E-state index in [1.54, 1.807) is 0 Å². The molecule has 0 aliphatic rings. The van der Waals surface area contributed by atoms with Gasteiger partial charge in [-0.25, -0.2) is 0 Å². The quantitative estimate of drug-likeness (QED) is 0.434. The van der Waals surface area contributed by atoms with Gasteiger partial charge in [-0.2, -0.15) is 0 Å². The highest BCUT2D eigenvalue weighted by Gasteiger charge is 1.83. The summed E-state index contributed by atoms with van der Waals surface area (Å²) in [4.78, 5) is 2.02. The first-order chi connectivity index (χ1) is 3.66. The molecule has 48 valence electrons. The van der Waals surface area contributed by atoms with Gasteiger partial charge in [-0.05, 0) is 6.92 Å². The molecule has 0 unspecified atom stereocenters. The SMILES string of the molecule is C/C(N)=C/N(C)CI. The molecule has 0 spiro atoms. The van der Waals surface area contributed by atoms with E-state index in [4.69, 9.17) is 5.73 Å². The number of halogens is 1. The Kier molecular flexibility index (Phi) is 4.03. The molecule has 0 saturated carbocycles. The Labute approximate surface area is 63.9 Å². The fraction of sp³-hybridized carbons (Fsp3) is 0.600. The van der Waals surface area contributed by atoms with Crippen LogP contribution in [0.3, 0.4) is 0 Å². The fourth-order valence-corrected chi connectivity index (χ4v) is 0.579. The van der Waals surface area contributed by atoms with Crippen LogP contribution in [0.15, 0.2) is 11.9 Å². The van der Waals surface area contributed by atoms with Crippen molar-refractivity contribution in [3.63, 3.8) is 0 Å². The van der Waals surface area contributed by atoms with E-state index in [2.05, 4.69) is 22.6 Å². The monoisotopic (exact) mass is 226 g/mol. The number of hydrogen-bond acceptors (Lipinski definition) is 2. The summed E-state index contributed by atoms with van der Waals surface area (Å²) in [6.07, 6.45) is 1.91. The molecule has 2 N–H and O–H groups in total. The molecule has 0 bridgehead atoms. The predicted molar refractivity (Wildman–Crippen MR) is 44.6 cm³/mol. The second-order valence-electron chi connectivity index (χ2n) is 1.75. The third-order valence-corrected chi connectivity index (χ3v) is 1.69. The zero-order chi connectivity index (χ0) is 6.57. The molecule has 0 amide bonds. The van der Waals surface area contributed by atoms with Gasteiger partial charge in [-0.15, -0.1) is 0 Å². The van der Waals surface area contributed by atoms with Crippen LogP contribution in [0.4, 0.5) is 0 Å². The first-order valence-corrected chi connectivity index (χ1v) is 3.89. The molecule has 8 heavy (non-hydrogen) atoms. The number of rotatable bonds is 2. The van der Waals surface area contributed by atoms with Crippen molar-refractivity contribution >= 4 is 22.6 Å². The molecule has 0 aromatic carbocycles. The number of hydrogen-bond donors (Lipinski definition) is 1. The first kappa shape index (κ1) is 8.07. The highest BCUT2D eigenvalue weighted by atomic mass is 127. The molecule has 0 aromatic heterocycles. The minimum absolute atomic E-state index is 0.851. The van der Waals surface area contributed by atoms with Crippen LogP contribution in [0.1, 0.15) is 6.92 Å². The molecule has 2 nitrogen and oxygen atoms in total. The van der Waals surface area contributed by atoms with Crippen molar-refractivity contribution in [1.29, 1.82) is 0 Å². The van der Waals surface area contributed by atoms with Crippen molar-refractivity contribution in [1.82, 2.24) is 4.90 Å². The molecular formula is C5H11IN2. The van der Waals surface area contributed by atoms with E-state index in [-0.39, 0.29) is 0 Å². The largest absolute Gasteiger partial charge is 0.401 e. The van der Waals surface area contributed by atoms with Crippen molar-refractivity contribution in [2.75, 3.05) is 11.6 Å². The van der Waals surface area contributed by atoms with Crippen LogP contribution in [0.2, 0.25) is 0 Å². The lowest BCUT2D eigenvalue weighted by Gasteiger charge is -2.08. The summed E-state index contributed by atoms with van der Waals surface area (Å²) in [5, 5.41) is 0. The first-order valence-electron chi connectivity index (χ1n) is 2.37. The molecule has 0 aromatic rings. The van der Waals surface area contributed by atoms with Gasteiger partial charge in [0.25, 0.3) is 0 Å². The van der Waals surface area contributed by atoms with Crippen LogP contribution >= 0.6 is 22.6 Å². The third-order valence-electron chi connectivity index (χ3n) is 0.613. The molecule has 0 heterocycles. The van der Waals surface area contributed by atoms with E-state index in [0.717, 1.165) is 10.2 Å². The van der Waals surface area contributed by atoms with E-state index in [0.29, 0.717) is 0 Å². The lowest BCUT2D eigenvalue weighted by molar-refractivity contribution is 0.547. The summed E-state index contributed by atoms with van der Waals surface area (Å²) in [6, 6.07) is 0. The van der Waals surface area contributed by atoms with E-state index < -0.39 is 0 Å².